The van der Waals surface area contributed by atoms with Crippen LogP contribution in [0.4, 0.5) is 5.69 Å². The van der Waals surface area contributed by atoms with Gasteiger partial charge in [0.15, 0.2) is 0 Å². The van der Waals surface area contributed by atoms with Crippen molar-refractivity contribution in [3.05, 3.63) is 59.7 Å². The first-order valence-corrected chi connectivity index (χ1v) is 7.49. The van der Waals surface area contributed by atoms with Crippen LogP contribution in [0.25, 0.3) is 0 Å². The molecule has 0 aliphatic carbocycles. The number of ether oxygens (including phenoxy) is 1. The maximum atomic E-state index is 11.8. The Kier molecular flexibility index (Phi) is 6.08. The first-order valence-electron chi connectivity index (χ1n) is 7.49. The predicted molar refractivity (Wildman–Crippen MR) is 93.2 cm³/mol. The molecule has 6 nitrogen and oxygen atoms in total. The number of nitrogens with zero attached hydrogens (tertiary/aromatic N) is 1. The number of carbonyl (C=O) groups is 2. The standard InChI is InChI=1S/C18H19N3O3/c1-3-13-7-9-15(10-8-13)20-17(22)18(23)21-19-12-14-5-4-6-16(11-14)24-2/h4-12H,3H2,1-2H3,(H,20,22)(H,21,23)/b19-12-. The Morgan fingerprint density at radius 1 is 1.12 bits per heavy atom. The van der Waals surface area contributed by atoms with E-state index in [0.717, 1.165) is 17.5 Å². The summed E-state index contributed by atoms with van der Waals surface area (Å²) in [5.41, 5.74) is 4.64. The molecule has 2 aromatic rings. The van der Waals surface area contributed by atoms with Crippen molar-refractivity contribution in [3.63, 3.8) is 0 Å². The van der Waals surface area contributed by atoms with Crippen LogP contribution in [0.15, 0.2) is 53.6 Å². The number of carbonyl (C=O) groups excluding carboxylic acids is 2. The van der Waals surface area contributed by atoms with Crippen LogP contribution in [0.2, 0.25) is 0 Å². The molecule has 0 atom stereocenters. The Balaban J connectivity index is 1.88. The summed E-state index contributed by atoms with van der Waals surface area (Å²) in [5, 5.41) is 6.28. The van der Waals surface area contributed by atoms with E-state index < -0.39 is 11.8 Å². The summed E-state index contributed by atoms with van der Waals surface area (Å²) < 4.78 is 5.09. The Morgan fingerprint density at radius 2 is 1.88 bits per heavy atom. The van der Waals surface area contributed by atoms with E-state index >= 15 is 0 Å². The van der Waals surface area contributed by atoms with Crippen molar-refractivity contribution in [1.82, 2.24) is 5.43 Å². The van der Waals surface area contributed by atoms with Gasteiger partial charge in [-0.05, 0) is 41.8 Å². The second-order valence-corrected chi connectivity index (χ2v) is 4.98. The third-order valence-electron chi connectivity index (χ3n) is 3.30. The molecule has 0 aromatic heterocycles. The predicted octanol–water partition coefficient (Wildman–Crippen LogP) is 2.35. The quantitative estimate of drug-likeness (QED) is 0.503. The van der Waals surface area contributed by atoms with Crippen LogP contribution in [0.1, 0.15) is 18.1 Å². The minimum absolute atomic E-state index is 0.559. The van der Waals surface area contributed by atoms with Crippen LogP contribution < -0.4 is 15.5 Å². The van der Waals surface area contributed by atoms with Crippen LogP contribution in [0.5, 0.6) is 5.75 Å². The van der Waals surface area contributed by atoms with Crippen molar-refractivity contribution >= 4 is 23.7 Å². The fourth-order valence-electron chi connectivity index (χ4n) is 1.95. The molecule has 0 saturated carbocycles. The summed E-state index contributed by atoms with van der Waals surface area (Å²) in [5.74, 6) is -0.936. The van der Waals surface area contributed by atoms with Crippen molar-refractivity contribution in [2.24, 2.45) is 5.10 Å². The monoisotopic (exact) mass is 325 g/mol. The smallest absolute Gasteiger partial charge is 0.329 e. The number of hydrogen-bond donors (Lipinski definition) is 2. The average Bonchev–Trinajstić information content (AvgIpc) is 2.62. The first kappa shape index (κ1) is 17.2. The molecule has 0 radical (unpaired) electrons. The summed E-state index contributed by atoms with van der Waals surface area (Å²) >= 11 is 0. The van der Waals surface area contributed by atoms with E-state index in [1.54, 1.807) is 43.5 Å². The molecule has 2 amide bonds. The largest absolute Gasteiger partial charge is 0.497 e. The van der Waals surface area contributed by atoms with E-state index in [-0.39, 0.29) is 0 Å². The molecule has 0 aliphatic rings. The van der Waals surface area contributed by atoms with E-state index in [1.807, 2.05) is 19.1 Å². The molecule has 0 saturated heterocycles. The Hall–Kier alpha value is -3.15. The Bertz CT molecular complexity index is 739. The van der Waals surface area contributed by atoms with Crippen LogP contribution >= 0.6 is 0 Å². The number of anilines is 1. The summed E-state index contributed by atoms with van der Waals surface area (Å²) in [6.45, 7) is 2.04. The minimum atomic E-state index is -0.839. The van der Waals surface area contributed by atoms with E-state index in [4.69, 9.17) is 4.74 Å². The Labute approximate surface area is 140 Å². The third kappa shape index (κ3) is 4.95. The van der Waals surface area contributed by atoms with Crippen LogP contribution in [-0.2, 0) is 16.0 Å². The van der Waals surface area contributed by atoms with Crippen LogP contribution in [-0.4, -0.2) is 25.1 Å². The number of hydrogen-bond acceptors (Lipinski definition) is 4. The fourth-order valence-corrected chi connectivity index (χ4v) is 1.95. The van der Waals surface area contributed by atoms with Crippen LogP contribution in [0, 0.1) is 0 Å². The van der Waals surface area contributed by atoms with Gasteiger partial charge in [0, 0.05) is 5.69 Å². The number of nitrogens with one attached hydrogen (secondary N) is 2. The van der Waals surface area contributed by atoms with Gasteiger partial charge in [0.25, 0.3) is 0 Å². The van der Waals surface area contributed by atoms with Gasteiger partial charge >= 0.3 is 11.8 Å². The van der Waals surface area contributed by atoms with E-state index in [9.17, 15) is 9.59 Å². The second-order valence-electron chi connectivity index (χ2n) is 4.98. The van der Waals surface area contributed by atoms with E-state index in [2.05, 4.69) is 15.8 Å². The molecule has 0 aliphatic heterocycles. The number of amides is 2. The van der Waals surface area contributed by atoms with Gasteiger partial charge in [-0.25, -0.2) is 5.43 Å². The molecule has 124 valence electrons. The molecule has 0 spiro atoms. The number of rotatable bonds is 5. The fraction of sp³-hybridized carbons (Fsp3) is 0.167. The molecule has 0 fully saturated rings. The highest BCUT2D eigenvalue weighted by molar-refractivity contribution is 6.39. The zero-order chi connectivity index (χ0) is 17.4. The second kappa shape index (κ2) is 8.47. The van der Waals surface area contributed by atoms with Crippen molar-refractivity contribution in [2.45, 2.75) is 13.3 Å². The van der Waals surface area contributed by atoms with Gasteiger partial charge in [0.05, 0.1) is 13.3 Å². The lowest BCUT2D eigenvalue weighted by Crippen LogP contribution is -2.32. The van der Waals surface area contributed by atoms with Crippen molar-refractivity contribution in [2.75, 3.05) is 12.4 Å². The average molecular weight is 325 g/mol. The highest BCUT2D eigenvalue weighted by Gasteiger charge is 2.12. The highest BCUT2D eigenvalue weighted by atomic mass is 16.5. The molecule has 0 bridgehead atoms. The molecule has 24 heavy (non-hydrogen) atoms. The highest BCUT2D eigenvalue weighted by Crippen LogP contribution is 2.11. The topological polar surface area (TPSA) is 79.8 Å². The minimum Gasteiger partial charge on any atom is -0.497 e. The lowest BCUT2D eigenvalue weighted by Gasteiger charge is -2.05. The summed E-state index contributed by atoms with van der Waals surface area (Å²) in [6.07, 6.45) is 2.34. The normalized spacial score (nSPS) is 10.4. The van der Waals surface area contributed by atoms with Gasteiger partial charge in [0.2, 0.25) is 0 Å². The van der Waals surface area contributed by atoms with Crippen molar-refractivity contribution in [1.29, 1.82) is 0 Å². The first-order chi connectivity index (χ1) is 11.6. The molecule has 2 rings (SSSR count). The van der Waals surface area contributed by atoms with E-state index in [0.29, 0.717) is 11.4 Å². The molecule has 0 unspecified atom stereocenters. The lowest BCUT2D eigenvalue weighted by molar-refractivity contribution is -0.136. The van der Waals surface area contributed by atoms with Crippen LogP contribution in [0.3, 0.4) is 0 Å². The molecular weight excluding hydrogens is 306 g/mol. The molecule has 0 heterocycles. The lowest BCUT2D eigenvalue weighted by atomic mass is 10.1. The van der Waals surface area contributed by atoms with Crippen molar-refractivity contribution in [3.8, 4) is 5.75 Å². The Morgan fingerprint density at radius 3 is 2.54 bits per heavy atom. The maximum absolute atomic E-state index is 11.8. The van der Waals surface area contributed by atoms with Gasteiger partial charge in [-0.1, -0.05) is 31.2 Å². The van der Waals surface area contributed by atoms with Gasteiger partial charge in [0.1, 0.15) is 5.75 Å². The maximum Gasteiger partial charge on any atom is 0.329 e. The molecule has 2 aromatic carbocycles. The number of aryl methyl sites for hydroxylation is 1. The SMILES string of the molecule is CCc1ccc(NC(=O)C(=O)N/N=C\c2cccc(OC)c2)cc1. The van der Waals surface area contributed by atoms with Gasteiger partial charge < -0.3 is 10.1 Å². The third-order valence-corrected chi connectivity index (χ3v) is 3.30. The van der Waals surface area contributed by atoms with Gasteiger partial charge in [-0.2, -0.15) is 5.10 Å². The zero-order valence-corrected chi connectivity index (χ0v) is 13.6. The molecule has 2 N–H and O–H groups in total. The zero-order valence-electron chi connectivity index (χ0n) is 13.6. The number of methoxy groups -OCH3 is 1. The van der Waals surface area contributed by atoms with Crippen molar-refractivity contribution < 1.29 is 14.3 Å². The van der Waals surface area contributed by atoms with E-state index in [1.165, 1.54) is 6.21 Å². The molecule has 6 heteroatoms. The summed E-state index contributed by atoms with van der Waals surface area (Å²) in [6, 6.07) is 14.5. The molecular formula is C18H19N3O3. The number of benzene rings is 2. The number of hydrazone groups is 1. The van der Waals surface area contributed by atoms with Gasteiger partial charge in [-0.3, -0.25) is 9.59 Å². The summed E-state index contributed by atoms with van der Waals surface area (Å²) in [7, 11) is 1.56. The van der Waals surface area contributed by atoms with Gasteiger partial charge in [-0.15, -0.1) is 0 Å². The summed E-state index contributed by atoms with van der Waals surface area (Å²) in [4.78, 5) is 23.5.